The number of ketones is 1. The molecule has 1 saturated carbocycles. The van der Waals surface area contributed by atoms with Crippen molar-refractivity contribution in [3.8, 4) is 0 Å². The molecule has 0 aliphatic heterocycles. The summed E-state index contributed by atoms with van der Waals surface area (Å²) in [7, 11) is 3.75. The topological polar surface area (TPSA) is 72.9 Å². The first-order chi connectivity index (χ1) is 13.5. The van der Waals surface area contributed by atoms with Crippen molar-refractivity contribution in [2.45, 2.75) is 24.9 Å². The first-order valence-corrected chi connectivity index (χ1v) is 9.60. The second-order valence-corrected chi connectivity index (χ2v) is 7.70. The Labute approximate surface area is 162 Å². The molecule has 5 rings (SSSR count). The summed E-state index contributed by atoms with van der Waals surface area (Å²) in [5, 5.41) is 11.7. The van der Waals surface area contributed by atoms with Gasteiger partial charge >= 0.3 is 0 Å². The van der Waals surface area contributed by atoms with Crippen LogP contribution in [0.4, 0.5) is 0 Å². The molecular formula is C22H22N4O2. The standard InChI is InChI=1S/C22H22N4O2/c1-25-17-11-5-3-9-15(17)23-20(25)19(27)14-8-7-13-22(14,28)21-24-16-10-4-6-12-18(16)26(21)2/h3-6,9-12,14,28H,7-8,13H2,1-2H3/t14-,22-/m1/s1. The first-order valence-electron chi connectivity index (χ1n) is 9.60. The van der Waals surface area contributed by atoms with Crippen LogP contribution in [0.2, 0.25) is 0 Å². The molecule has 28 heavy (non-hydrogen) atoms. The van der Waals surface area contributed by atoms with Gasteiger partial charge in [0.15, 0.2) is 5.82 Å². The van der Waals surface area contributed by atoms with Gasteiger partial charge in [-0.15, -0.1) is 0 Å². The van der Waals surface area contributed by atoms with Gasteiger partial charge in [0.25, 0.3) is 0 Å². The fourth-order valence-corrected chi connectivity index (χ4v) is 4.66. The number of carbonyl (C=O) groups is 1. The molecule has 4 aromatic rings. The number of aryl methyl sites for hydroxylation is 2. The van der Waals surface area contributed by atoms with E-state index in [2.05, 4.69) is 4.98 Å². The van der Waals surface area contributed by atoms with E-state index in [0.717, 1.165) is 28.5 Å². The molecule has 1 aliphatic carbocycles. The molecule has 6 heteroatoms. The Hall–Kier alpha value is -2.99. The second kappa shape index (κ2) is 6.01. The largest absolute Gasteiger partial charge is 0.381 e. The highest BCUT2D eigenvalue weighted by Gasteiger charge is 2.50. The van der Waals surface area contributed by atoms with Gasteiger partial charge in [-0.05, 0) is 43.5 Å². The molecule has 1 fully saturated rings. The molecule has 0 bridgehead atoms. The molecule has 0 spiro atoms. The van der Waals surface area contributed by atoms with Crippen LogP contribution in [-0.4, -0.2) is 30.0 Å². The molecule has 0 unspecified atom stereocenters. The molecule has 1 aliphatic rings. The smallest absolute Gasteiger partial charge is 0.204 e. The highest BCUT2D eigenvalue weighted by molar-refractivity contribution is 5.99. The van der Waals surface area contributed by atoms with Crippen LogP contribution in [0.25, 0.3) is 22.1 Å². The number of hydrogen-bond acceptors (Lipinski definition) is 4. The number of benzene rings is 2. The number of rotatable bonds is 3. The zero-order valence-corrected chi connectivity index (χ0v) is 16.0. The van der Waals surface area contributed by atoms with Gasteiger partial charge < -0.3 is 14.2 Å². The number of nitrogens with zero attached hydrogens (tertiary/aromatic N) is 4. The SMILES string of the molecule is Cn1c(C(=O)[C@H]2CCC[C@]2(O)c2nc3ccccc3n2C)nc2ccccc21. The molecule has 2 aromatic heterocycles. The lowest BCUT2D eigenvalue weighted by Gasteiger charge is -2.28. The summed E-state index contributed by atoms with van der Waals surface area (Å²) in [5.41, 5.74) is 2.19. The number of imidazole rings is 2. The van der Waals surface area contributed by atoms with Gasteiger partial charge in [0, 0.05) is 14.1 Å². The molecule has 1 N–H and O–H groups in total. The average Bonchev–Trinajstić information content (AvgIpc) is 3.37. The molecule has 2 aromatic carbocycles. The summed E-state index contributed by atoms with van der Waals surface area (Å²) in [6.45, 7) is 0. The number of Topliss-reactive ketones (excluding diaryl/α,β-unsaturated/α-hetero) is 1. The van der Waals surface area contributed by atoms with Gasteiger partial charge in [0.1, 0.15) is 11.4 Å². The molecule has 0 radical (unpaired) electrons. The van der Waals surface area contributed by atoms with Gasteiger partial charge in [-0.2, -0.15) is 0 Å². The third-order valence-electron chi connectivity index (χ3n) is 6.13. The molecule has 142 valence electrons. The quantitative estimate of drug-likeness (QED) is 0.558. The van der Waals surface area contributed by atoms with E-state index in [1.807, 2.05) is 71.8 Å². The van der Waals surface area contributed by atoms with Crippen LogP contribution in [-0.2, 0) is 19.7 Å². The zero-order valence-electron chi connectivity index (χ0n) is 16.0. The van der Waals surface area contributed by atoms with Crippen LogP contribution in [0, 0.1) is 5.92 Å². The molecule has 0 saturated heterocycles. The van der Waals surface area contributed by atoms with E-state index in [9.17, 15) is 9.90 Å². The average molecular weight is 374 g/mol. The Bertz CT molecular complexity index is 1220. The van der Waals surface area contributed by atoms with E-state index in [0.29, 0.717) is 24.5 Å². The van der Waals surface area contributed by atoms with E-state index >= 15 is 0 Å². The Kier molecular flexibility index (Phi) is 3.67. The van der Waals surface area contributed by atoms with E-state index in [1.54, 1.807) is 0 Å². The van der Waals surface area contributed by atoms with E-state index in [-0.39, 0.29) is 5.78 Å². The minimum atomic E-state index is -1.29. The lowest BCUT2D eigenvalue weighted by Crippen LogP contribution is -2.38. The van der Waals surface area contributed by atoms with Gasteiger partial charge in [-0.1, -0.05) is 24.3 Å². The summed E-state index contributed by atoms with van der Waals surface area (Å²) >= 11 is 0. The fourth-order valence-electron chi connectivity index (χ4n) is 4.66. The third kappa shape index (κ3) is 2.27. The summed E-state index contributed by atoms with van der Waals surface area (Å²) in [6.07, 6.45) is 1.92. The number of fused-ring (bicyclic) bond motifs is 2. The molecule has 2 atom stereocenters. The maximum Gasteiger partial charge on any atom is 0.204 e. The maximum absolute atomic E-state index is 13.5. The predicted octanol–water partition coefficient (Wildman–Crippen LogP) is 3.33. The van der Waals surface area contributed by atoms with Crippen LogP contribution < -0.4 is 0 Å². The van der Waals surface area contributed by atoms with Crippen molar-refractivity contribution in [3.05, 3.63) is 60.2 Å². The summed E-state index contributed by atoms with van der Waals surface area (Å²) in [5.74, 6) is 0.276. The van der Waals surface area contributed by atoms with Crippen LogP contribution in [0.1, 0.15) is 35.7 Å². The molecular weight excluding hydrogens is 352 g/mol. The minimum Gasteiger partial charge on any atom is -0.381 e. The lowest BCUT2D eigenvalue weighted by molar-refractivity contribution is -0.00644. The van der Waals surface area contributed by atoms with Crippen molar-refractivity contribution in [1.82, 2.24) is 19.1 Å². The lowest BCUT2D eigenvalue weighted by atomic mass is 9.86. The summed E-state index contributed by atoms with van der Waals surface area (Å²) < 4.78 is 3.74. The monoisotopic (exact) mass is 374 g/mol. The van der Waals surface area contributed by atoms with E-state index in [4.69, 9.17) is 4.98 Å². The van der Waals surface area contributed by atoms with Gasteiger partial charge in [0.05, 0.1) is 28.0 Å². The van der Waals surface area contributed by atoms with Crippen molar-refractivity contribution in [3.63, 3.8) is 0 Å². The molecule has 2 heterocycles. The van der Waals surface area contributed by atoms with Crippen molar-refractivity contribution < 1.29 is 9.90 Å². The second-order valence-electron chi connectivity index (χ2n) is 7.70. The van der Waals surface area contributed by atoms with Gasteiger partial charge in [-0.25, -0.2) is 9.97 Å². The summed E-state index contributed by atoms with van der Waals surface area (Å²) in [4.78, 5) is 22.7. The third-order valence-corrected chi connectivity index (χ3v) is 6.13. The Morgan fingerprint density at radius 3 is 2.25 bits per heavy atom. The molecule has 0 amide bonds. The van der Waals surface area contributed by atoms with E-state index < -0.39 is 11.5 Å². The van der Waals surface area contributed by atoms with Crippen molar-refractivity contribution >= 4 is 27.9 Å². The Morgan fingerprint density at radius 1 is 1.00 bits per heavy atom. The van der Waals surface area contributed by atoms with Crippen LogP contribution in [0.3, 0.4) is 0 Å². The summed E-state index contributed by atoms with van der Waals surface area (Å²) in [6, 6.07) is 15.5. The first kappa shape index (κ1) is 17.1. The normalized spacial score (nSPS) is 22.3. The van der Waals surface area contributed by atoms with Crippen molar-refractivity contribution in [2.24, 2.45) is 20.0 Å². The Balaban J connectivity index is 1.61. The zero-order chi connectivity index (χ0) is 19.5. The van der Waals surface area contributed by atoms with Crippen LogP contribution in [0.5, 0.6) is 0 Å². The number of aliphatic hydroxyl groups is 1. The Morgan fingerprint density at radius 2 is 1.61 bits per heavy atom. The highest BCUT2D eigenvalue weighted by atomic mass is 16.3. The fraction of sp³-hybridized carbons (Fsp3) is 0.318. The van der Waals surface area contributed by atoms with Gasteiger partial charge in [0.2, 0.25) is 5.78 Å². The van der Waals surface area contributed by atoms with Crippen molar-refractivity contribution in [1.29, 1.82) is 0 Å². The van der Waals surface area contributed by atoms with Crippen LogP contribution in [0.15, 0.2) is 48.5 Å². The molecule has 6 nitrogen and oxygen atoms in total. The highest BCUT2D eigenvalue weighted by Crippen LogP contribution is 2.45. The number of carbonyl (C=O) groups excluding carboxylic acids is 1. The predicted molar refractivity (Wildman–Crippen MR) is 107 cm³/mol. The number of hydrogen-bond donors (Lipinski definition) is 1. The van der Waals surface area contributed by atoms with Gasteiger partial charge in [-0.3, -0.25) is 4.79 Å². The van der Waals surface area contributed by atoms with E-state index in [1.165, 1.54) is 0 Å². The number of aromatic nitrogens is 4. The van der Waals surface area contributed by atoms with Crippen LogP contribution >= 0.6 is 0 Å². The minimum absolute atomic E-state index is 0.120. The maximum atomic E-state index is 13.5. The number of para-hydroxylation sites is 4. The van der Waals surface area contributed by atoms with Crippen molar-refractivity contribution in [2.75, 3.05) is 0 Å².